The van der Waals surface area contributed by atoms with Gasteiger partial charge in [0.05, 0.1) is 48.2 Å². The summed E-state index contributed by atoms with van der Waals surface area (Å²) in [5, 5.41) is 35.5. The highest BCUT2D eigenvalue weighted by Gasteiger charge is 2.61. The number of nitrogens with one attached hydrogen (secondary N) is 4. The number of piperazine rings is 1. The first-order valence-corrected chi connectivity index (χ1v) is 29.2. The van der Waals surface area contributed by atoms with Gasteiger partial charge in [-0.15, -0.1) is 0 Å². The Morgan fingerprint density at radius 2 is 1.67 bits per heavy atom. The first-order chi connectivity index (χ1) is 41.6. The van der Waals surface area contributed by atoms with Crippen LogP contribution < -0.4 is 30.9 Å². The van der Waals surface area contributed by atoms with E-state index in [0.29, 0.717) is 53.7 Å². The lowest BCUT2D eigenvalue weighted by Gasteiger charge is -2.37. The van der Waals surface area contributed by atoms with Crippen LogP contribution in [0.25, 0.3) is 32.8 Å². The molecule has 17 nitrogen and oxygen atoms in total. The van der Waals surface area contributed by atoms with Crippen molar-refractivity contribution in [2.24, 2.45) is 5.41 Å². The molecule has 1 aromatic heterocycles. The molecule has 7 aromatic rings. The van der Waals surface area contributed by atoms with E-state index in [1.165, 1.54) is 72.7 Å². The number of carbonyl (C=O) groups excluding carboxylic acids is 4. The van der Waals surface area contributed by atoms with Crippen LogP contribution in [0.15, 0.2) is 110 Å². The van der Waals surface area contributed by atoms with Gasteiger partial charge in [0.1, 0.15) is 39.9 Å². The summed E-state index contributed by atoms with van der Waals surface area (Å²) in [6, 6.07) is 24.5. The normalized spacial score (nSPS) is 17.7. The molecule has 0 unspecified atom stereocenters. The molecule has 87 heavy (non-hydrogen) atoms. The number of phenols is 1. The van der Waals surface area contributed by atoms with E-state index in [1.54, 1.807) is 30.1 Å². The Morgan fingerprint density at radius 1 is 0.908 bits per heavy atom. The Hall–Kier alpha value is -8.19. The molecule has 2 aliphatic rings. The molecule has 454 valence electrons. The van der Waals surface area contributed by atoms with E-state index in [4.69, 9.17) is 49.3 Å². The average molecular weight is 1250 g/mol. The fraction of sp³-hybridized carbons (Fsp3) is 0.328. The molecule has 0 spiro atoms. The Bertz CT molecular complexity index is 3860. The number of anilines is 3. The second-order valence-corrected chi connectivity index (χ2v) is 23.7. The third-order valence-corrected chi connectivity index (χ3v) is 16.5. The lowest BCUT2D eigenvalue weighted by atomic mass is 9.62. The van der Waals surface area contributed by atoms with Crippen molar-refractivity contribution in [3.05, 3.63) is 159 Å². The summed E-state index contributed by atoms with van der Waals surface area (Å²) in [5.41, 5.74) is -1.74. The molecule has 0 aliphatic carbocycles. The monoisotopic (exact) mass is 1250 g/mol. The van der Waals surface area contributed by atoms with Gasteiger partial charge < -0.3 is 50.5 Å². The molecule has 6 aromatic carbocycles. The number of phenolic OH excluding ortho intramolecular Hbond substituents is 1. The lowest BCUT2D eigenvalue weighted by Crippen LogP contribution is -2.48. The predicted molar refractivity (Wildman–Crippen MR) is 331 cm³/mol. The van der Waals surface area contributed by atoms with E-state index in [0.717, 1.165) is 6.07 Å². The molecule has 2 aliphatic heterocycles. The van der Waals surface area contributed by atoms with Crippen molar-refractivity contribution in [2.45, 2.75) is 57.0 Å². The van der Waals surface area contributed by atoms with E-state index in [9.17, 15) is 29.5 Å². The van der Waals surface area contributed by atoms with Crippen LogP contribution in [0.1, 0.15) is 61.0 Å². The number of rotatable bonds is 20. The summed E-state index contributed by atoms with van der Waals surface area (Å²) in [6.45, 7) is 11.5. The Labute approximate surface area is 516 Å². The minimum Gasteiger partial charge on any atom is -0.508 e. The highest BCUT2D eigenvalue weighted by atomic mass is 35.5. The van der Waals surface area contributed by atoms with Crippen molar-refractivity contribution in [3.8, 4) is 28.7 Å². The number of aromatic nitrogens is 2. The highest BCUT2D eigenvalue weighted by molar-refractivity contribution is 6.35. The molecule has 3 heterocycles. The maximum Gasteiger partial charge on any atom is 0.251 e. The number of ether oxygens (including phenoxy) is 2. The van der Waals surface area contributed by atoms with Gasteiger partial charge in [0.2, 0.25) is 23.7 Å². The zero-order chi connectivity index (χ0) is 62.5. The second kappa shape index (κ2) is 26.8. The topological polar surface area (TPSA) is 214 Å². The van der Waals surface area contributed by atoms with Gasteiger partial charge in [-0.2, -0.15) is 10.2 Å². The van der Waals surface area contributed by atoms with E-state index >= 15 is 13.2 Å². The zero-order valence-corrected chi connectivity index (χ0v) is 50.6. The Kier molecular flexibility index (Phi) is 19.5. The highest BCUT2D eigenvalue weighted by Crippen LogP contribution is 2.53. The summed E-state index contributed by atoms with van der Waals surface area (Å²) in [4.78, 5) is 68.2. The van der Waals surface area contributed by atoms with Crippen molar-refractivity contribution < 1.29 is 46.9 Å². The smallest absolute Gasteiger partial charge is 0.251 e. The fourth-order valence-corrected chi connectivity index (χ4v) is 12.1. The molecule has 0 saturated carbocycles. The molecule has 0 radical (unpaired) electrons. The maximum atomic E-state index is 17.1. The average Bonchev–Trinajstić information content (AvgIpc) is 2.79. The number of nitrogens with zero attached hydrogens (tertiary/aromatic N) is 6. The van der Waals surface area contributed by atoms with Crippen LogP contribution in [-0.2, 0) is 24.5 Å². The zero-order valence-electron chi connectivity index (χ0n) is 48.4. The second-order valence-electron chi connectivity index (χ2n) is 22.5. The van der Waals surface area contributed by atoms with Gasteiger partial charge in [-0.3, -0.25) is 19.2 Å². The van der Waals surface area contributed by atoms with Gasteiger partial charge in [-0.25, -0.2) is 18.2 Å². The molecule has 9 rings (SSSR count). The Morgan fingerprint density at radius 3 is 2.38 bits per heavy atom. The van der Waals surface area contributed by atoms with Gasteiger partial charge in [0.25, 0.3) is 5.91 Å². The van der Waals surface area contributed by atoms with Crippen LogP contribution in [0.3, 0.4) is 0 Å². The molecule has 23 heteroatoms. The van der Waals surface area contributed by atoms with Gasteiger partial charge in [0, 0.05) is 98.3 Å². The number of aromatic hydroxyl groups is 1. The number of nitriles is 1. The Balaban J connectivity index is 0.808. The minimum absolute atomic E-state index is 0.00747. The first kappa shape index (κ1) is 63.3. The number of hydrogen-bond donors (Lipinski definition) is 5. The molecule has 2 saturated heterocycles. The molecule has 0 bridgehead atoms. The van der Waals surface area contributed by atoms with Crippen molar-refractivity contribution in [2.75, 3.05) is 88.7 Å². The van der Waals surface area contributed by atoms with Crippen molar-refractivity contribution in [3.63, 3.8) is 0 Å². The number of fused-ring (bicyclic) bond motifs is 2. The van der Waals surface area contributed by atoms with Crippen molar-refractivity contribution in [1.29, 1.82) is 5.26 Å². The maximum absolute atomic E-state index is 17.1. The van der Waals surface area contributed by atoms with Gasteiger partial charge in [-0.05, 0) is 94.4 Å². The number of halogens is 6. The third kappa shape index (κ3) is 13.5. The number of benzene rings is 6. The third-order valence-electron chi connectivity index (χ3n) is 15.6. The SMILES string of the molecule is C=CC(=O)N1CCN(c2nc(NCCC(=O)N(C)CCOCCNC(=O)c3ccc(NC(=O)[C@@H]4N[C@@H](CC(C)(C)C)[C@](C#N)(c5ccc(Cl)cc5F)[C@H]4c4cccc(Cl)c4F)c(OC)c3)nc3c(F)c(-c4cc(O)cc5ccccc45)c(Cl)cc23)CC1. The molecule has 4 amide bonds. The number of hydrogen-bond acceptors (Lipinski definition) is 13. The van der Waals surface area contributed by atoms with Crippen molar-refractivity contribution >= 4 is 97.6 Å². The quantitative estimate of drug-likeness (QED) is 0.0355. The summed E-state index contributed by atoms with van der Waals surface area (Å²) >= 11 is 19.4. The van der Waals surface area contributed by atoms with E-state index in [1.807, 2.05) is 43.9 Å². The van der Waals surface area contributed by atoms with Crippen LogP contribution in [-0.4, -0.2) is 134 Å². The number of likely N-dealkylation sites (N-methyl/N-ethyl adjacent to an activating group) is 1. The van der Waals surface area contributed by atoms with E-state index < -0.39 is 58.1 Å². The summed E-state index contributed by atoms with van der Waals surface area (Å²) in [6.07, 6.45) is 1.53. The molecular weight excluding hydrogens is 1180 g/mol. The van der Waals surface area contributed by atoms with Gasteiger partial charge in [-0.1, -0.05) is 105 Å². The molecule has 5 N–H and O–H groups in total. The molecule has 4 atom stereocenters. The number of amides is 4. The molecular formula is C64H64Cl3F3N10O7. The first-order valence-electron chi connectivity index (χ1n) is 28.0. The standard InChI is InChI=1S/C64H64Cl3F3N10O7/c1-7-51(82)79-22-24-80(25-23-79)59-43-33-46(67)53(42-32-39(81)29-36-11-8-9-12-40(36)42)56(70)57(43)76-62(77-59)73-20-19-52(83)78(5)26-28-87-27-21-72-60(84)37-15-18-48(49(30-37)86-6)74-61(85)58-54(41-13-10-14-45(66)55(41)69)64(35-71,50(75-58)34-63(2,3)4)44-17-16-38(65)31-47(44)68/h7-18,29-33,50,54,58,75,81H,1,19-28,34H2,2-6H3,(H,72,84)(H,74,85)(H,73,76,77)/t50-,54-,58+,64-/m0/s1. The van der Waals surface area contributed by atoms with E-state index in [2.05, 4.69) is 38.9 Å². The number of carbonyl (C=O) groups is 4. The predicted octanol–water partition coefficient (Wildman–Crippen LogP) is 11.0. The summed E-state index contributed by atoms with van der Waals surface area (Å²) < 4.78 is 60.9. The van der Waals surface area contributed by atoms with Crippen LogP contribution in [0.2, 0.25) is 15.1 Å². The van der Waals surface area contributed by atoms with Crippen molar-refractivity contribution in [1.82, 2.24) is 30.4 Å². The largest absolute Gasteiger partial charge is 0.508 e. The van der Waals surface area contributed by atoms with Crippen LogP contribution >= 0.6 is 34.8 Å². The van der Waals surface area contributed by atoms with E-state index in [-0.39, 0.29) is 123 Å². The van der Waals surface area contributed by atoms with Crippen LogP contribution in [0, 0.1) is 34.2 Å². The summed E-state index contributed by atoms with van der Waals surface area (Å²) in [5.74, 6) is -4.87. The lowest BCUT2D eigenvalue weighted by molar-refractivity contribution is -0.130. The van der Waals surface area contributed by atoms with Crippen LogP contribution in [0.5, 0.6) is 11.5 Å². The van der Waals surface area contributed by atoms with Crippen LogP contribution in [0.4, 0.5) is 30.6 Å². The van der Waals surface area contributed by atoms with Gasteiger partial charge in [0.15, 0.2) is 5.82 Å². The summed E-state index contributed by atoms with van der Waals surface area (Å²) in [7, 11) is 2.97. The fourth-order valence-electron chi connectivity index (χ4n) is 11.5. The van der Waals surface area contributed by atoms with Gasteiger partial charge >= 0.3 is 0 Å². The minimum atomic E-state index is -1.85. The molecule has 2 fully saturated rings. The number of methoxy groups -OCH3 is 1.